The zero-order valence-electron chi connectivity index (χ0n) is 18.1. The number of nitrogens with zero attached hydrogens (tertiary/aromatic N) is 1. The van der Waals surface area contributed by atoms with E-state index in [9.17, 15) is 35.9 Å². The highest BCUT2D eigenvalue weighted by atomic mass is 19.4. The average Bonchev–Trinajstić information content (AvgIpc) is 3.04. The van der Waals surface area contributed by atoms with Crippen LogP contribution in [0.2, 0.25) is 0 Å². The summed E-state index contributed by atoms with van der Waals surface area (Å²) < 4.78 is 78.9. The van der Waals surface area contributed by atoms with E-state index in [1.54, 1.807) is 6.92 Å². The molecule has 0 saturated carbocycles. The lowest BCUT2D eigenvalue weighted by Gasteiger charge is -2.28. The highest BCUT2D eigenvalue weighted by Crippen LogP contribution is 2.42. The summed E-state index contributed by atoms with van der Waals surface area (Å²) in [5.74, 6) is -1.15. The van der Waals surface area contributed by atoms with Crippen molar-refractivity contribution in [3.05, 3.63) is 58.7 Å². The average molecular weight is 472 g/mol. The molecule has 1 unspecified atom stereocenters. The molecular weight excluding hydrogens is 450 g/mol. The molecule has 2 aromatic carbocycles. The lowest BCUT2D eigenvalue weighted by Crippen LogP contribution is -2.39. The topological polar surface area (TPSA) is 49.4 Å². The molecule has 33 heavy (non-hydrogen) atoms. The molecule has 0 aliphatic carbocycles. The van der Waals surface area contributed by atoms with E-state index in [-0.39, 0.29) is 31.4 Å². The molecule has 1 aliphatic rings. The van der Waals surface area contributed by atoms with Gasteiger partial charge in [-0.15, -0.1) is 0 Å². The second kappa shape index (κ2) is 8.39. The van der Waals surface area contributed by atoms with Gasteiger partial charge in [-0.05, 0) is 49.6 Å². The molecule has 1 atom stereocenters. The highest BCUT2D eigenvalue weighted by Gasteiger charge is 2.49. The molecule has 1 saturated heterocycles. The maximum atomic E-state index is 13.2. The van der Waals surface area contributed by atoms with Crippen LogP contribution < -0.4 is 10.2 Å². The third kappa shape index (κ3) is 4.84. The number of para-hydroxylation sites is 1. The van der Waals surface area contributed by atoms with Crippen LogP contribution in [0.3, 0.4) is 0 Å². The Balaban J connectivity index is 1.96. The van der Waals surface area contributed by atoms with Crippen molar-refractivity contribution in [1.82, 2.24) is 0 Å². The molecule has 1 fully saturated rings. The van der Waals surface area contributed by atoms with Crippen LogP contribution in [0.1, 0.15) is 42.0 Å². The first-order chi connectivity index (χ1) is 15.2. The van der Waals surface area contributed by atoms with Crippen molar-refractivity contribution in [3.8, 4) is 0 Å². The van der Waals surface area contributed by atoms with Crippen LogP contribution in [0.25, 0.3) is 0 Å². The molecule has 1 N–H and O–H groups in total. The SMILES string of the molecule is CCC1(C(=O)Nc2cc(C(F)(F)F)cc(C(F)(F)F)c2)CC(=O)N(c2c(C)cccc2C)C1. The van der Waals surface area contributed by atoms with Gasteiger partial charge in [0.05, 0.1) is 16.5 Å². The summed E-state index contributed by atoms with van der Waals surface area (Å²) in [7, 11) is 0. The number of nitrogens with one attached hydrogen (secondary N) is 1. The highest BCUT2D eigenvalue weighted by molar-refractivity contribution is 6.06. The number of hydrogen-bond donors (Lipinski definition) is 1. The van der Waals surface area contributed by atoms with Crippen LogP contribution in [-0.4, -0.2) is 18.4 Å². The van der Waals surface area contributed by atoms with E-state index < -0.39 is 40.5 Å². The van der Waals surface area contributed by atoms with Crippen molar-refractivity contribution in [2.45, 2.75) is 46.0 Å². The number of hydrogen-bond acceptors (Lipinski definition) is 2. The zero-order valence-corrected chi connectivity index (χ0v) is 18.1. The largest absolute Gasteiger partial charge is 0.416 e. The summed E-state index contributed by atoms with van der Waals surface area (Å²) >= 11 is 0. The first-order valence-corrected chi connectivity index (χ1v) is 10.2. The Morgan fingerprint density at radius 2 is 1.52 bits per heavy atom. The fourth-order valence-electron chi connectivity index (χ4n) is 4.11. The molecule has 0 bridgehead atoms. The summed E-state index contributed by atoms with van der Waals surface area (Å²) in [4.78, 5) is 27.4. The number of amides is 2. The Hall–Kier alpha value is -3.04. The third-order valence-electron chi connectivity index (χ3n) is 5.96. The first-order valence-electron chi connectivity index (χ1n) is 10.2. The molecule has 1 aliphatic heterocycles. The van der Waals surface area contributed by atoms with Crippen molar-refractivity contribution in [2.75, 3.05) is 16.8 Å². The van der Waals surface area contributed by atoms with Gasteiger partial charge in [-0.1, -0.05) is 25.1 Å². The van der Waals surface area contributed by atoms with Crippen LogP contribution in [0.4, 0.5) is 37.7 Å². The molecule has 1 heterocycles. The van der Waals surface area contributed by atoms with E-state index in [2.05, 4.69) is 5.32 Å². The van der Waals surface area contributed by atoms with Crippen molar-refractivity contribution < 1.29 is 35.9 Å². The van der Waals surface area contributed by atoms with E-state index in [1.165, 1.54) is 4.90 Å². The summed E-state index contributed by atoms with van der Waals surface area (Å²) in [6.45, 7) is 5.23. The van der Waals surface area contributed by atoms with Gasteiger partial charge in [0.1, 0.15) is 0 Å². The summed E-state index contributed by atoms with van der Waals surface area (Å²) in [5.41, 5.74) is -2.74. The summed E-state index contributed by atoms with van der Waals surface area (Å²) in [6.07, 6.45) is -10.1. The molecule has 178 valence electrons. The van der Waals surface area contributed by atoms with E-state index in [1.807, 2.05) is 32.0 Å². The van der Waals surface area contributed by atoms with Crippen LogP contribution in [0.5, 0.6) is 0 Å². The van der Waals surface area contributed by atoms with Gasteiger partial charge in [0, 0.05) is 24.3 Å². The summed E-state index contributed by atoms with van der Waals surface area (Å²) in [5, 5.41) is 2.20. The number of alkyl halides is 6. The number of carbonyl (C=O) groups excluding carboxylic acids is 2. The van der Waals surface area contributed by atoms with Gasteiger partial charge in [-0.25, -0.2) is 0 Å². The quantitative estimate of drug-likeness (QED) is 0.546. The normalized spacial score (nSPS) is 19.2. The fourth-order valence-corrected chi connectivity index (χ4v) is 4.11. The molecule has 0 spiro atoms. The minimum Gasteiger partial charge on any atom is -0.326 e. The second-order valence-corrected chi connectivity index (χ2v) is 8.28. The van der Waals surface area contributed by atoms with Gasteiger partial charge in [0.15, 0.2) is 0 Å². The molecule has 10 heteroatoms. The maximum Gasteiger partial charge on any atom is 0.416 e. The Morgan fingerprint density at radius 1 is 1.00 bits per heavy atom. The smallest absolute Gasteiger partial charge is 0.326 e. The van der Waals surface area contributed by atoms with Crippen molar-refractivity contribution in [3.63, 3.8) is 0 Å². The van der Waals surface area contributed by atoms with Gasteiger partial charge >= 0.3 is 12.4 Å². The Morgan fingerprint density at radius 3 is 1.97 bits per heavy atom. The van der Waals surface area contributed by atoms with E-state index in [0.717, 1.165) is 11.1 Å². The molecule has 3 rings (SSSR count). The van der Waals surface area contributed by atoms with Crippen LogP contribution in [0, 0.1) is 19.3 Å². The van der Waals surface area contributed by atoms with Crippen molar-refractivity contribution >= 4 is 23.2 Å². The number of anilines is 2. The van der Waals surface area contributed by atoms with Gasteiger partial charge in [0.25, 0.3) is 0 Å². The minimum absolute atomic E-state index is 0.00691. The monoisotopic (exact) mass is 472 g/mol. The van der Waals surface area contributed by atoms with Crippen LogP contribution >= 0.6 is 0 Å². The van der Waals surface area contributed by atoms with Crippen LogP contribution in [-0.2, 0) is 21.9 Å². The predicted octanol–water partition coefficient (Wildman–Crippen LogP) is 6.11. The second-order valence-electron chi connectivity index (χ2n) is 8.28. The number of halogens is 6. The van der Waals surface area contributed by atoms with Gasteiger partial charge < -0.3 is 10.2 Å². The number of benzene rings is 2. The van der Waals surface area contributed by atoms with Crippen molar-refractivity contribution in [2.24, 2.45) is 5.41 Å². The van der Waals surface area contributed by atoms with Gasteiger partial charge in [0.2, 0.25) is 11.8 Å². The molecule has 0 radical (unpaired) electrons. The lowest BCUT2D eigenvalue weighted by atomic mass is 9.83. The minimum atomic E-state index is -5.04. The predicted molar refractivity (Wildman–Crippen MR) is 111 cm³/mol. The van der Waals surface area contributed by atoms with E-state index in [4.69, 9.17) is 0 Å². The van der Waals surface area contributed by atoms with E-state index in [0.29, 0.717) is 17.8 Å². The summed E-state index contributed by atoms with van der Waals surface area (Å²) in [6, 6.07) is 6.34. The van der Waals surface area contributed by atoms with Crippen LogP contribution in [0.15, 0.2) is 36.4 Å². The molecular formula is C23H22F6N2O2. The molecule has 2 aromatic rings. The molecule has 2 amide bonds. The number of aryl methyl sites for hydroxylation is 2. The standard InChI is InChI=1S/C23H22F6N2O2/c1-4-21(11-18(32)31(12-21)19-13(2)6-5-7-14(19)3)20(33)30-17-9-15(22(24,25)26)8-16(10-17)23(27,28)29/h5-10H,4,11-12H2,1-3H3,(H,30,33). The van der Waals surface area contributed by atoms with Gasteiger partial charge in [-0.3, -0.25) is 9.59 Å². The lowest BCUT2D eigenvalue weighted by molar-refractivity contribution is -0.143. The first kappa shape index (κ1) is 24.6. The van der Waals surface area contributed by atoms with Crippen molar-refractivity contribution in [1.29, 1.82) is 0 Å². The maximum absolute atomic E-state index is 13.2. The Bertz CT molecular complexity index is 1040. The zero-order chi connectivity index (χ0) is 24.8. The Kier molecular flexibility index (Phi) is 6.25. The molecule has 0 aromatic heterocycles. The fraction of sp³-hybridized carbons (Fsp3) is 0.391. The Labute approximate surface area is 186 Å². The third-order valence-corrected chi connectivity index (χ3v) is 5.96. The number of rotatable bonds is 4. The van der Waals surface area contributed by atoms with E-state index >= 15 is 0 Å². The van der Waals surface area contributed by atoms with Gasteiger partial charge in [-0.2, -0.15) is 26.3 Å². The molecule has 4 nitrogen and oxygen atoms in total. The number of carbonyl (C=O) groups is 2.